The maximum absolute atomic E-state index is 10.1. The van der Waals surface area contributed by atoms with E-state index in [1.807, 2.05) is 23.9 Å². The highest BCUT2D eigenvalue weighted by Gasteiger charge is 2.35. The molecule has 3 rings (SSSR count). The SMILES string of the molecule is Cc1ccn(CCNc2ncc(C#N)c(N[C@@H]3CC[C@H](O)C(C)(C)C3)n2)n1. The lowest BCUT2D eigenvalue weighted by Crippen LogP contribution is -2.41. The fraction of sp³-hybridized carbons (Fsp3) is 0.579. The Balaban J connectivity index is 1.64. The van der Waals surface area contributed by atoms with Gasteiger partial charge in [-0.15, -0.1) is 0 Å². The van der Waals surface area contributed by atoms with Crippen molar-refractivity contribution in [3.05, 3.63) is 29.7 Å². The fourth-order valence-corrected chi connectivity index (χ4v) is 3.47. The Morgan fingerprint density at radius 2 is 2.22 bits per heavy atom. The third-order valence-electron chi connectivity index (χ3n) is 5.11. The summed E-state index contributed by atoms with van der Waals surface area (Å²) in [4.78, 5) is 8.72. The normalized spacial score (nSPS) is 21.4. The van der Waals surface area contributed by atoms with Crippen LogP contribution in [0.5, 0.6) is 0 Å². The minimum absolute atomic E-state index is 0.154. The second kappa shape index (κ2) is 7.92. The lowest BCUT2D eigenvalue weighted by atomic mass is 9.73. The van der Waals surface area contributed by atoms with E-state index in [0.717, 1.165) is 25.0 Å². The summed E-state index contributed by atoms with van der Waals surface area (Å²) >= 11 is 0. The van der Waals surface area contributed by atoms with Gasteiger partial charge in [-0.25, -0.2) is 4.98 Å². The second-order valence-electron chi connectivity index (χ2n) is 7.84. The molecular formula is C19H27N7O. The van der Waals surface area contributed by atoms with Gasteiger partial charge in [-0.05, 0) is 37.7 Å². The van der Waals surface area contributed by atoms with Crippen LogP contribution in [0.2, 0.25) is 0 Å². The molecule has 8 nitrogen and oxygen atoms in total. The molecule has 1 fully saturated rings. The molecule has 0 spiro atoms. The van der Waals surface area contributed by atoms with Crippen molar-refractivity contribution in [2.24, 2.45) is 5.41 Å². The molecule has 144 valence electrons. The molecule has 2 aromatic rings. The molecule has 0 saturated heterocycles. The van der Waals surface area contributed by atoms with Gasteiger partial charge in [0.2, 0.25) is 5.95 Å². The zero-order chi connectivity index (χ0) is 19.4. The third-order valence-corrected chi connectivity index (χ3v) is 5.11. The van der Waals surface area contributed by atoms with Crippen LogP contribution in [0.3, 0.4) is 0 Å². The van der Waals surface area contributed by atoms with E-state index in [0.29, 0.717) is 30.4 Å². The van der Waals surface area contributed by atoms with Gasteiger partial charge < -0.3 is 15.7 Å². The van der Waals surface area contributed by atoms with Crippen LogP contribution in [0.25, 0.3) is 0 Å². The summed E-state index contributed by atoms with van der Waals surface area (Å²) in [5, 5.41) is 30.4. The van der Waals surface area contributed by atoms with Gasteiger partial charge in [-0.2, -0.15) is 15.3 Å². The molecule has 2 atom stereocenters. The van der Waals surface area contributed by atoms with Gasteiger partial charge in [0.1, 0.15) is 17.5 Å². The van der Waals surface area contributed by atoms with Crippen molar-refractivity contribution < 1.29 is 5.11 Å². The molecule has 8 heteroatoms. The van der Waals surface area contributed by atoms with Crippen LogP contribution >= 0.6 is 0 Å². The van der Waals surface area contributed by atoms with Crippen molar-refractivity contribution in [1.82, 2.24) is 19.7 Å². The van der Waals surface area contributed by atoms with Gasteiger partial charge in [0.25, 0.3) is 0 Å². The Bertz CT molecular complexity index is 824. The number of hydrogen-bond donors (Lipinski definition) is 3. The van der Waals surface area contributed by atoms with Crippen LogP contribution in [-0.2, 0) is 6.54 Å². The number of rotatable bonds is 6. The minimum Gasteiger partial charge on any atom is -0.393 e. The van der Waals surface area contributed by atoms with Crippen LogP contribution in [0.1, 0.15) is 44.4 Å². The monoisotopic (exact) mass is 369 g/mol. The molecule has 0 amide bonds. The van der Waals surface area contributed by atoms with Crippen molar-refractivity contribution >= 4 is 11.8 Å². The predicted molar refractivity (Wildman–Crippen MR) is 103 cm³/mol. The van der Waals surface area contributed by atoms with Crippen LogP contribution < -0.4 is 10.6 Å². The maximum Gasteiger partial charge on any atom is 0.224 e. The Hall–Kier alpha value is -2.66. The largest absolute Gasteiger partial charge is 0.393 e. The number of aliphatic hydroxyl groups excluding tert-OH is 1. The van der Waals surface area contributed by atoms with Crippen molar-refractivity contribution in [2.45, 2.75) is 58.7 Å². The molecular weight excluding hydrogens is 342 g/mol. The summed E-state index contributed by atoms with van der Waals surface area (Å²) in [7, 11) is 0. The highest BCUT2D eigenvalue weighted by Crippen LogP contribution is 2.36. The topological polar surface area (TPSA) is 112 Å². The fourth-order valence-electron chi connectivity index (χ4n) is 3.47. The molecule has 0 radical (unpaired) electrons. The lowest BCUT2D eigenvalue weighted by molar-refractivity contribution is 0.00926. The summed E-state index contributed by atoms with van der Waals surface area (Å²) in [6.45, 7) is 7.43. The number of nitriles is 1. The first-order valence-electron chi connectivity index (χ1n) is 9.33. The maximum atomic E-state index is 10.1. The molecule has 0 bridgehead atoms. The van der Waals surface area contributed by atoms with Crippen LogP contribution in [-0.4, -0.2) is 43.5 Å². The number of aryl methyl sites for hydroxylation is 1. The van der Waals surface area contributed by atoms with Gasteiger partial charge in [-0.3, -0.25) is 4.68 Å². The Labute approximate surface area is 159 Å². The van der Waals surface area contributed by atoms with E-state index in [4.69, 9.17) is 0 Å². The van der Waals surface area contributed by atoms with E-state index in [1.54, 1.807) is 6.20 Å². The number of anilines is 2. The predicted octanol–water partition coefficient (Wildman–Crippen LogP) is 2.32. The Morgan fingerprint density at radius 1 is 1.41 bits per heavy atom. The average Bonchev–Trinajstić information content (AvgIpc) is 3.03. The minimum atomic E-state index is -0.292. The Kier molecular flexibility index (Phi) is 5.61. The molecule has 1 saturated carbocycles. The smallest absolute Gasteiger partial charge is 0.224 e. The zero-order valence-corrected chi connectivity index (χ0v) is 16.1. The van der Waals surface area contributed by atoms with Crippen molar-refractivity contribution in [2.75, 3.05) is 17.2 Å². The molecule has 1 aliphatic rings. The third kappa shape index (κ3) is 4.74. The highest BCUT2D eigenvalue weighted by molar-refractivity contribution is 5.54. The highest BCUT2D eigenvalue weighted by atomic mass is 16.3. The molecule has 2 heterocycles. The van der Waals surface area contributed by atoms with E-state index < -0.39 is 0 Å². The number of nitrogens with zero attached hydrogens (tertiary/aromatic N) is 5. The molecule has 3 N–H and O–H groups in total. The summed E-state index contributed by atoms with van der Waals surface area (Å²) in [5.41, 5.74) is 1.25. The van der Waals surface area contributed by atoms with Crippen LogP contribution in [0, 0.1) is 23.7 Å². The quantitative estimate of drug-likeness (QED) is 0.716. The van der Waals surface area contributed by atoms with E-state index in [1.165, 1.54) is 0 Å². The molecule has 27 heavy (non-hydrogen) atoms. The van der Waals surface area contributed by atoms with Gasteiger partial charge in [0.05, 0.1) is 24.5 Å². The number of hydrogen-bond acceptors (Lipinski definition) is 7. The van der Waals surface area contributed by atoms with Crippen LogP contribution in [0.4, 0.5) is 11.8 Å². The molecule has 0 aliphatic heterocycles. The second-order valence-corrected chi connectivity index (χ2v) is 7.84. The van der Waals surface area contributed by atoms with Crippen molar-refractivity contribution in [3.63, 3.8) is 0 Å². The van der Waals surface area contributed by atoms with Crippen molar-refractivity contribution in [1.29, 1.82) is 5.26 Å². The molecule has 0 unspecified atom stereocenters. The molecule has 0 aromatic carbocycles. The zero-order valence-electron chi connectivity index (χ0n) is 16.1. The summed E-state index contributed by atoms with van der Waals surface area (Å²) in [6.07, 6.45) is 5.60. The number of nitrogens with one attached hydrogen (secondary N) is 2. The summed E-state index contributed by atoms with van der Waals surface area (Å²) < 4.78 is 1.86. The number of aliphatic hydroxyl groups is 1. The molecule has 1 aliphatic carbocycles. The van der Waals surface area contributed by atoms with E-state index >= 15 is 0 Å². The van der Waals surface area contributed by atoms with Crippen molar-refractivity contribution in [3.8, 4) is 6.07 Å². The van der Waals surface area contributed by atoms with Gasteiger partial charge >= 0.3 is 0 Å². The van der Waals surface area contributed by atoms with E-state index in [9.17, 15) is 10.4 Å². The first-order chi connectivity index (χ1) is 12.9. The van der Waals surface area contributed by atoms with Gasteiger partial charge in [-0.1, -0.05) is 13.8 Å². The first kappa shape index (κ1) is 19.1. The summed E-state index contributed by atoms with van der Waals surface area (Å²) in [6, 6.07) is 4.28. The number of aromatic nitrogens is 4. The van der Waals surface area contributed by atoms with Gasteiger partial charge in [0.15, 0.2) is 0 Å². The van der Waals surface area contributed by atoms with Crippen LogP contribution in [0.15, 0.2) is 18.5 Å². The van der Waals surface area contributed by atoms with E-state index in [2.05, 4.69) is 45.6 Å². The summed E-state index contributed by atoms with van der Waals surface area (Å²) in [5.74, 6) is 1.03. The first-order valence-corrected chi connectivity index (χ1v) is 9.33. The standard InChI is InChI=1S/C19H27N7O/c1-13-6-8-26(25-13)9-7-21-18-22-12-14(11-20)17(24-18)23-15-4-5-16(27)19(2,3)10-15/h6,8,12,15-16,27H,4-5,7,9-10H2,1-3H3,(H2,21,22,23,24)/t15-,16+/m1/s1. The molecule has 2 aromatic heterocycles. The Morgan fingerprint density at radius 3 is 2.89 bits per heavy atom. The van der Waals surface area contributed by atoms with E-state index in [-0.39, 0.29) is 17.6 Å². The van der Waals surface area contributed by atoms with Gasteiger partial charge in [0, 0.05) is 18.8 Å². The average molecular weight is 369 g/mol. The lowest BCUT2D eigenvalue weighted by Gasteiger charge is -2.40.